The van der Waals surface area contributed by atoms with E-state index in [1.165, 1.54) is 32.4 Å². The molecule has 0 N–H and O–H groups in total. The van der Waals surface area contributed by atoms with Gasteiger partial charge in [0, 0.05) is 24.8 Å². The molecule has 3 nitrogen and oxygen atoms in total. The van der Waals surface area contributed by atoms with E-state index >= 15 is 0 Å². The van der Waals surface area contributed by atoms with Gasteiger partial charge < -0.3 is 9.64 Å². The number of nitrogens with zero attached hydrogens (tertiary/aromatic N) is 2. The molecule has 0 aliphatic carbocycles. The molecule has 2 aliphatic rings. The second-order valence-electron chi connectivity index (χ2n) is 9.02. The van der Waals surface area contributed by atoms with Crippen LogP contribution in [0.5, 0.6) is 0 Å². The molecule has 0 unspecified atom stereocenters. The van der Waals surface area contributed by atoms with Crippen LogP contribution in [0, 0.1) is 5.92 Å². The zero-order valence-corrected chi connectivity index (χ0v) is 15.6. The van der Waals surface area contributed by atoms with Crippen molar-refractivity contribution in [2.24, 2.45) is 5.92 Å². The van der Waals surface area contributed by atoms with Gasteiger partial charge in [0.1, 0.15) is 0 Å². The van der Waals surface area contributed by atoms with E-state index in [2.05, 4.69) is 57.5 Å². The van der Waals surface area contributed by atoms with Gasteiger partial charge in [-0.15, -0.1) is 0 Å². The maximum Gasteiger partial charge on any atom is 0.0648 e. The number of hydrogen-bond donors (Lipinski definition) is 0. The Hall–Kier alpha value is -0.540. The summed E-state index contributed by atoms with van der Waals surface area (Å²) >= 11 is 0. The lowest BCUT2D eigenvalue weighted by Crippen LogP contribution is -2.46. The maximum atomic E-state index is 5.79. The van der Waals surface area contributed by atoms with Gasteiger partial charge in [-0.2, -0.15) is 0 Å². The summed E-state index contributed by atoms with van der Waals surface area (Å²) in [4.78, 5) is 5.03. The molecule has 0 aromatic carbocycles. The SMILES string of the molecule is CC(C)(C)OCCN1C=C(CC2CCN(C(C)(C)C)CC2)C1. The molecule has 1 fully saturated rings. The average molecular weight is 309 g/mol. The molecule has 3 heteroatoms. The molecule has 0 radical (unpaired) electrons. The summed E-state index contributed by atoms with van der Waals surface area (Å²) in [7, 11) is 0. The Kier molecular flexibility index (Phi) is 5.60. The Balaban J connectivity index is 1.63. The molecule has 2 heterocycles. The smallest absolute Gasteiger partial charge is 0.0648 e. The van der Waals surface area contributed by atoms with Crippen molar-refractivity contribution in [3.8, 4) is 0 Å². The van der Waals surface area contributed by atoms with Crippen LogP contribution in [0.2, 0.25) is 0 Å². The molecule has 2 rings (SSSR count). The van der Waals surface area contributed by atoms with E-state index in [4.69, 9.17) is 4.74 Å². The number of hydrogen-bond acceptors (Lipinski definition) is 3. The summed E-state index contributed by atoms with van der Waals surface area (Å²) < 4.78 is 5.79. The lowest BCUT2D eigenvalue weighted by atomic mass is 9.87. The third kappa shape index (κ3) is 5.58. The van der Waals surface area contributed by atoms with Gasteiger partial charge in [-0.25, -0.2) is 0 Å². The van der Waals surface area contributed by atoms with E-state index in [9.17, 15) is 0 Å². The molecule has 0 saturated carbocycles. The van der Waals surface area contributed by atoms with E-state index in [1.807, 2.05) is 0 Å². The maximum absolute atomic E-state index is 5.79. The first kappa shape index (κ1) is 17.8. The molecule has 22 heavy (non-hydrogen) atoms. The van der Waals surface area contributed by atoms with Crippen molar-refractivity contribution in [2.45, 2.75) is 71.9 Å². The largest absolute Gasteiger partial charge is 0.374 e. The molecule has 0 bridgehead atoms. The molecule has 0 atom stereocenters. The van der Waals surface area contributed by atoms with Crippen LogP contribution >= 0.6 is 0 Å². The topological polar surface area (TPSA) is 15.7 Å². The minimum Gasteiger partial charge on any atom is -0.374 e. The van der Waals surface area contributed by atoms with Crippen LogP contribution in [-0.2, 0) is 4.74 Å². The third-order valence-electron chi connectivity index (χ3n) is 4.80. The van der Waals surface area contributed by atoms with Crippen molar-refractivity contribution in [1.29, 1.82) is 0 Å². The first-order chi connectivity index (χ1) is 10.1. The lowest BCUT2D eigenvalue weighted by Gasteiger charge is -2.42. The minimum absolute atomic E-state index is 0.0154. The van der Waals surface area contributed by atoms with Crippen LogP contribution in [0.1, 0.15) is 60.8 Å². The van der Waals surface area contributed by atoms with Gasteiger partial charge in [-0.3, -0.25) is 4.90 Å². The molecule has 2 aliphatic heterocycles. The molecular formula is C19H36N2O. The fraction of sp³-hybridized carbons (Fsp3) is 0.895. The highest BCUT2D eigenvalue weighted by atomic mass is 16.5. The van der Waals surface area contributed by atoms with E-state index in [1.54, 1.807) is 5.57 Å². The van der Waals surface area contributed by atoms with Crippen molar-refractivity contribution < 1.29 is 4.74 Å². The first-order valence-corrected chi connectivity index (χ1v) is 8.96. The van der Waals surface area contributed by atoms with Crippen LogP contribution in [0.25, 0.3) is 0 Å². The predicted molar refractivity (Wildman–Crippen MR) is 94.0 cm³/mol. The van der Waals surface area contributed by atoms with Crippen molar-refractivity contribution in [1.82, 2.24) is 9.80 Å². The molecule has 128 valence electrons. The zero-order valence-electron chi connectivity index (χ0n) is 15.6. The van der Waals surface area contributed by atoms with Crippen molar-refractivity contribution in [3.63, 3.8) is 0 Å². The van der Waals surface area contributed by atoms with Gasteiger partial charge >= 0.3 is 0 Å². The zero-order chi connectivity index (χ0) is 16.4. The van der Waals surface area contributed by atoms with E-state index in [0.29, 0.717) is 5.54 Å². The molecule has 1 saturated heterocycles. The van der Waals surface area contributed by atoms with Crippen LogP contribution in [0.4, 0.5) is 0 Å². The van der Waals surface area contributed by atoms with Gasteiger partial charge in [0.2, 0.25) is 0 Å². The fourth-order valence-corrected chi connectivity index (χ4v) is 3.40. The highest BCUT2D eigenvalue weighted by Gasteiger charge is 2.28. The standard InChI is InChI=1S/C19H36N2O/c1-18(2,3)21-9-7-16(8-10-21)13-17-14-20(15-17)11-12-22-19(4,5)6/h14,16H,7-13,15H2,1-6H3. The van der Waals surface area contributed by atoms with Crippen LogP contribution in [0.3, 0.4) is 0 Å². The summed E-state index contributed by atoms with van der Waals surface area (Å²) in [6, 6.07) is 0. The molecule has 0 spiro atoms. The molecule has 0 aromatic rings. The molecular weight excluding hydrogens is 272 g/mol. The normalized spacial score (nSPS) is 21.7. The van der Waals surface area contributed by atoms with Gasteiger partial charge in [-0.1, -0.05) is 0 Å². The first-order valence-electron chi connectivity index (χ1n) is 8.96. The second kappa shape index (κ2) is 6.92. The van der Waals surface area contributed by atoms with E-state index in [-0.39, 0.29) is 5.60 Å². The Morgan fingerprint density at radius 3 is 2.18 bits per heavy atom. The Morgan fingerprint density at radius 1 is 1.09 bits per heavy atom. The Labute approximate surface area is 137 Å². The molecule has 0 aromatic heterocycles. The van der Waals surface area contributed by atoms with Crippen molar-refractivity contribution in [2.75, 3.05) is 32.8 Å². The van der Waals surface area contributed by atoms with Gasteiger partial charge in [0.25, 0.3) is 0 Å². The summed E-state index contributed by atoms with van der Waals surface area (Å²) in [6.45, 7) is 18.9. The quantitative estimate of drug-likeness (QED) is 0.766. The second-order valence-corrected chi connectivity index (χ2v) is 9.02. The summed E-state index contributed by atoms with van der Waals surface area (Å²) in [5.41, 5.74) is 1.97. The monoisotopic (exact) mass is 308 g/mol. The van der Waals surface area contributed by atoms with Crippen molar-refractivity contribution >= 4 is 0 Å². The minimum atomic E-state index is -0.0154. The highest BCUT2D eigenvalue weighted by Crippen LogP contribution is 2.30. The predicted octanol–water partition coefficient (Wildman–Crippen LogP) is 3.90. The lowest BCUT2D eigenvalue weighted by molar-refractivity contribution is -0.0100. The average Bonchev–Trinajstić information content (AvgIpc) is 2.33. The third-order valence-corrected chi connectivity index (χ3v) is 4.80. The van der Waals surface area contributed by atoms with Crippen LogP contribution in [-0.4, -0.2) is 53.7 Å². The summed E-state index contributed by atoms with van der Waals surface area (Å²) in [5, 5.41) is 0. The van der Waals surface area contributed by atoms with Crippen molar-refractivity contribution in [3.05, 3.63) is 11.8 Å². The van der Waals surface area contributed by atoms with Gasteiger partial charge in [0.05, 0.1) is 12.2 Å². The fourth-order valence-electron chi connectivity index (χ4n) is 3.40. The van der Waals surface area contributed by atoms with Crippen LogP contribution < -0.4 is 0 Å². The van der Waals surface area contributed by atoms with Crippen LogP contribution in [0.15, 0.2) is 11.8 Å². The number of piperidine rings is 1. The Bertz CT molecular complexity index is 381. The Morgan fingerprint density at radius 2 is 1.68 bits per heavy atom. The van der Waals surface area contributed by atoms with E-state index in [0.717, 1.165) is 25.6 Å². The highest BCUT2D eigenvalue weighted by molar-refractivity contribution is 5.15. The number of ether oxygens (including phenoxy) is 1. The van der Waals surface area contributed by atoms with Gasteiger partial charge in [-0.05, 0) is 85.4 Å². The molecule has 0 amide bonds. The van der Waals surface area contributed by atoms with E-state index < -0.39 is 0 Å². The summed E-state index contributed by atoms with van der Waals surface area (Å²) in [6.07, 6.45) is 6.40. The number of rotatable bonds is 5. The number of likely N-dealkylation sites (tertiary alicyclic amines) is 1. The van der Waals surface area contributed by atoms with Gasteiger partial charge in [0.15, 0.2) is 0 Å². The summed E-state index contributed by atoms with van der Waals surface area (Å²) in [5.74, 6) is 0.901.